The molecule has 0 aliphatic carbocycles. The van der Waals surface area contributed by atoms with E-state index in [-0.39, 0.29) is 6.54 Å². The summed E-state index contributed by atoms with van der Waals surface area (Å²) in [5, 5.41) is 0. The summed E-state index contributed by atoms with van der Waals surface area (Å²) >= 11 is 0. The van der Waals surface area contributed by atoms with Crippen molar-refractivity contribution in [2.24, 2.45) is 11.5 Å². The van der Waals surface area contributed by atoms with Gasteiger partial charge in [-0.15, -0.1) is 0 Å². The Kier molecular flexibility index (Phi) is 3.99. The number of hydrogen-bond donors (Lipinski definition) is 2. The standard InChI is InChI=1S/C6H12F3N3O/c1-4(10)2-12(5(11)13)3-6(7,8)9/h4H,2-3,10H2,1H3,(H2,11,13). The molecule has 0 aromatic heterocycles. The summed E-state index contributed by atoms with van der Waals surface area (Å²) in [5.41, 5.74) is 9.96. The molecule has 0 saturated heterocycles. The van der Waals surface area contributed by atoms with Crippen LogP contribution in [0.5, 0.6) is 0 Å². The fourth-order valence-electron chi connectivity index (χ4n) is 0.796. The number of carbonyl (C=O) groups excluding carboxylic acids is 1. The summed E-state index contributed by atoms with van der Waals surface area (Å²) in [4.78, 5) is 11.0. The summed E-state index contributed by atoms with van der Waals surface area (Å²) < 4.78 is 35.5. The molecule has 0 saturated carbocycles. The van der Waals surface area contributed by atoms with Crippen molar-refractivity contribution < 1.29 is 18.0 Å². The molecule has 0 fully saturated rings. The maximum absolute atomic E-state index is 11.8. The Hall–Kier alpha value is -0.980. The fourth-order valence-corrected chi connectivity index (χ4v) is 0.796. The van der Waals surface area contributed by atoms with Gasteiger partial charge in [-0.2, -0.15) is 13.2 Å². The predicted octanol–water partition coefficient (Wildman–Crippen LogP) is 0.277. The highest BCUT2D eigenvalue weighted by Gasteiger charge is 2.32. The van der Waals surface area contributed by atoms with E-state index >= 15 is 0 Å². The minimum absolute atomic E-state index is 0.200. The number of hydrogen-bond acceptors (Lipinski definition) is 2. The fraction of sp³-hybridized carbons (Fsp3) is 0.833. The quantitative estimate of drug-likeness (QED) is 0.685. The largest absolute Gasteiger partial charge is 0.406 e. The molecule has 0 aromatic carbocycles. The van der Waals surface area contributed by atoms with E-state index in [1.165, 1.54) is 6.92 Å². The molecule has 0 spiro atoms. The third-order valence-electron chi connectivity index (χ3n) is 1.19. The van der Waals surface area contributed by atoms with Crippen molar-refractivity contribution in [2.75, 3.05) is 13.1 Å². The lowest BCUT2D eigenvalue weighted by Crippen LogP contribution is -2.47. The van der Waals surface area contributed by atoms with Gasteiger partial charge in [0.25, 0.3) is 0 Å². The first kappa shape index (κ1) is 12.0. The SMILES string of the molecule is CC(N)CN(CC(F)(F)F)C(N)=O. The van der Waals surface area contributed by atoms with Gasteiger partial charge in [0, 0.05) is 12.6 Å². The van der Waals surface area contributed by atoms with Crippen molar-refractivity contribution >= 4 is 6.03 Å². The zero-order chi connectivity index (χ0) is 10.6. The van der Waals surface area contributed by atoms with Crippen molar-refractivity contribution in [1.82, 2.24) is 4.90 Å². The number of nitrogens with two attached hydrogens (primary N) is 2. The van der Waals surface area contributed by atoms with E-state index in [0.717, 1.165) is 0 Å². The van der Waals surface area contributed by atoms with E-state index < -0.39 is 24.8 Å². The number of urea groups is 1. The predicted molar refractivity (Wildman–Crippen MR) is 40.9 cm³/mol. The zero-order valence-corrected chi connectivity index (χ0v) is 7.14. The Labute approximate surface area is 73.7 Å². The summed E-state index contributed by atoms with van der Waals surface area (Å²) in [5.74, 6) is 0. The number of carbonyl (C=O) groups is 1. The van der Waals surface area contributed by atoms with Gasteiger partial charge in [0.1, 0.15) is 6.54 Å². The topological polar surface area (TPSA) is 72.3 Å². The third kappa shape index (κ3) is 6.21. The lowest BCUT2D eigenvalue weighted by Gasteiger charge is -2.23. The minimum Gasteiger partial charge on any atom is -0.351 e. The Morgan fingerprint density at radius 2 is 2.00 bits per heavy atom. The van der Waals surface area contributed by atoms with E-state index in [0.29, 0.717) is 4.90 Å². The summed E-state index contributed by atoms with van der Waals surface area (Å²) in [6.45, 7) is -0.0645. The molecular weight excluding hydrogens is 187 g/mol. The first-order valence-corrected chi connectivity index (χ1v) is 3.59. The highest BCUT2D eigenvalue weighted by atomic mass is 19.4. The summed E-state index contributed by atoms with van der Waals surface area (Å²) in [7, 11) is 0. The molecule has 0 rings (SSSR count). The van der Waals surface area contributed by atoms with Gasteiger partial charge in [0.05, 0.1) is 0 Å². The Morgan fingerprint density at radius 3 is 2.23 bits per heavy atom. The van der Waals surface area contributed by atoms with Crippen molar-refractivity contribution in [2.45, 2.75) is 19.1 Å². The van der Waals surface area contributed by atoms with Crippen LogP contribution in [-0.2, 0) is 0 Å². The van der Waals surface area contributed by atoms with Crippen molar-refractivity contribution in [3.05, 3.63) is 0 Å². The highest BCUT2D eigenvalue weighted by Crippen LogP contribution is 2.16. The van der Waals surface area contributed by atoms with Crippen LogP contribution in [0.15, 0.2) is 0 Å². The van der Waals surface area contributed by atoms with Gasteiger partial charge in [0.2, 0.25) is 0 Å². The molecule has 0 heterocycles. The lowest BCUT2D eigenvalue weighted by molar-refractivity contribution is -0.139. The molecule has 1 atom stereocenters. The van der Waals surface area contributed by atoms with Crippen LogP contribution in [0.3, 0.4) is 0 Å². The van der Waals surface area contributed by atoms with Crippen LogP contribution in [0.1, 0.15) is 6.92 Å². The van der Waals surface area contributed by atoms with Gasteiger partial charge in [-0.05, 0) is 6.92 Å². The number of nitrogens with zero attached hydrogens (tertiary/aromatic N) is 1. The van der Waals surface area contributed by atoms with E-state index in [4.69, 9.17) is 11.5 Å². The van der Waals surface area contributed by atoms with Gasteiger partial charge in [-0.1, -0.05) is 0 Å². The van der Waals surface area contributed by atoms with Gasteiger partial charge in [-0.25, -0.2) is 4.79 Å². The molecule has 78 valence electrons. The molecule has 13 heavy (non-hydrogen) atoms. The summed E-state index contributed by atoms with van der Waals surface area (Å²) in [6.07, 6.45) is -4.44. The lowest BCUT2D eigenvalue weighted by atomic mass is 10.3. The molecule has 1 unspecified atom stereocenters. The average Bonchev–Trinajstić information content (AvgIpc) is 1.81. The van der Waals surface area contributed by atoms with Gasteiger partial charge in [0.15, 0.2) is 0 Å². The monoisotopic (exact) mass is 199 g/mol. The highest BCUT2D eigenvalue weighted by molar-refractivity contribution is 5.72. The smallest absolute Gasteiger partial charge is 0.351 e. The van der Waals surface area contributed by atoms with Crippen molar-refractivity contribution in [3.8, 4) is 0 Å². The van der Waals surface area contributed by atoms with Crippen molar-refractivity contribution in [3.63, 3.8) is 0 Å². The van der Waals surface area contributed by atoms with Crippen LogP contribution in [0.25, 0.3) is 0 Å². The number of halogens is 3. The summed E-state index contributed by atoms with van der Waals surface area (Å²) in [6, 6.07) is -1.65. The van der Waals surface area contributed by atoms with Gasteiger partial charge in [-0.3, -0.25) is 0 Å². The molecule has 0 radical (unpaired) electrons. The second-order valence-electron chi connectivity index (χ2n) is 2.81. The second-order valence-corrected chi connectivity index (χ2v) is 2.81. The first-order valence-electron chi connectivity index (χ1n) is 3.59. The molecule has 2 amide bonds. The Balaban J connectivity index is 4.19. The van der Waals surface area contributed by atoms with Crippen LogP contribution in [0.4, 0.5) is 18.0 Å². The van der Waals surface area contributed by atoms with Gasteiger partial charge < -0.3 is 16.4 Å². The Morgan fingerprint density at radius 1 is 1.54 bits per heavy atom. The normalized spacial score (nSPS) is 13.9. The maximum atomic E-state index is 11.8. The second kappa shape index (κ2) is 4.31. The molecular formula is C6H12F3N3O. The molecule has 0 bridgehead atoms. The first-order chi connectivity index (χ1) is 5.72. The van der Waals surface area contributed by atoms with Crippen LogP contribution < -0.4 is 11.5 Å². The number of alkyl halides is 3. The van der Waals surface area contributed by atoms with E-state index in [2.05, 4.69) is 0 Å². The number of primary amides is 1. The number of rotatable bonds is 3. The molecule has 7 heteroatoms. The average molecular weight is 199 g/mol. The zero-order valence-electron chi connectivity index (χ0n) is 7.14. The van der Waals surface area contributed by atoms with E-state index in [1.807, 2.05) is 0 Å². The third-order valence-corrected chi connectivity index (χ3v) is 1.19. The number of amides is 2. The van der Waals surface area contributed by atoms with Crippen LogP contribution >= 0.6 is 0 Å². The minimum atomic E-state index is -4.44. The molecule has 0 aliphatic heterocycles. The van der Waals surface area contributed by atoms with Crippen LogP contribution in [-0.4, -0.2) is 36.2 Å². The van der Waals surface area contributed by atoms with Crippen LogP contribution in [0.2, 0.25) is 0 Å². The van der Waals surface area contributed by atoms with Crippen LogP contribution in [0, 0.1) is 0 Å². The molecule has 0 aromatic rings. The van der Waals surface area contributed by atoms with E-state index in [9.17, 15) is 18.0 Å². The maximum Gasteiger partial charge on any atom is 0.406 e. The molecule has 4 nitrogen and oxygen atoms in total. The van der Waals surface area contributed by atoms with Gasteiger partial charge >= 0.3 is 12.2 Å². The molecule has 4 N–H and O–H groups in total. The van der Waals surface area contributed by atoms with E-state index in [1.54, 1.807) is 0 Å². The van der Waals surface area contributed by atoms with Crippen molar-refractivity contribution in [1.29, 1.82) is 0 Å². The molecule has 0 aliphatic rings. The Bertz CT molecular complexity index is 180.